The van der Waals surface area contributed by atoms with E-state index in [1.54, 1.807) is 11.8 Å². The monoisotopic (exact) mass is 258 g/mol. The number of halogens is 2. The van der Waals surface area contributed by atoms with E-state index in [0.717, 1.165) is 18.6 Å². The van der Waals surface area contributed by atoms with E-state index in [1.165, 1.54) is 18.2 Å². The van der Waals surface area contributed by atoms with Gasteiger partial charge in [0.05, 0.1) is 6.10 Å². The van der Waals surface area contributed by atoms with Gasteiger partial charge in [-0.25, -0.2) is 8.78 Å². The lowest BCUT2D eigenvalue weighted by atomic mass is 9.93. The molecule has 0 aliphatic carbocycles. The van der Waals surface area contributed by atoms with E-state index in [2.05, 4.69) is 0 Å². The van der Waals surface area contributed by atoms with Crippen molar-refractivity contribution in [1.29, 1.82) is 0 Å². The molecule has 1 saturated heterocycles. The van der Waals surface area contributed by atoms with E-state index < -0.39 is 17.7 Å². The van der Waals surface area contributed by atoms with Crippen LogP contribution in [0.25, 0.3) is 0 Å². The average Bonchev–Trinajstić information content (AvgIpc) is 2.72. The molecule has 1 aromatic carbocycles. The van der Waals surface area contributed by atoms with Crippen LogP contribution < -0.4 is 0 Å². The Morgan fingerprint density at radius 1 is 1.41 bits per heavy atom. The largest absolute Gasteiger partial charge is 0.391 e. The summed E-state index contributed by atoms with van der Waals surface area (Å²) in [5, 5.41) is 10.2. The molecule has 1 fully saturated rings. The lowest BCUT2D eigenvalue weighted by Gasteiger charge is -2.29. The van der Waals surface area contributed by atoms with Gasteiger partial charge in [0, 0.05) is 16.7 Å². The number of benzene rings is 1. The summed E-state index contributed by atoms with van der Waals surface area (Å²) in [7, 11) is 0. The number of aliphatic hydroxyl groups excluding tert-OH is 1. The van der Waals surface area contributed by atoms with Crippen LogP contribution in [0.3, 0.4) is 0 Å². The molecular formula is C13H16F2OS. The molecule has 2 unspecified atom stereocenters. The third-order valence-corrected chi connectivity index (χ3v) is 5.04. The average molecular weight is 258 g/mol. The molecule has 1 nitrogen and oxygen atoms in total. The van der Waals surface area contributed by atoms with Crippen molar-refractivity contribution < 1.29 is 13.9 Å². The number of rotatable bonds is 3. The summed E-state index contributed by atoms with van der Waals surface area (Å²) in [5.41, 5.74) is -0.00581. The molecule has 1 N–H and O–H groups in total. The van der Waals surface area contributed by atoms with Gasteiger partial charge in [0.2, 0.25) is 0 Å². The predicted octanol–water partition coefficient (Wildman–Crippen LogP) is 3.15. The molecule has 4 heteroatoms. The number of thioether (sulfide) groups is 1. The third-order valence-electron chi connectivity index (χ3n) is 3.41. The third kappa shape index (κ3) is 2.63. The summed E-state index contributed by atoms with van der Waals surface area (Å²) >= 11 is 1.69. The van der Waals surface area contributed by atoms with E-state index in [9.17, 15) is 13.9 Å². The lowest BCUT2D eigenvalue weighted by molar-refractivity contribution is 0.131. The summed E-state index contributed by atoms with van der Waals surface area (Å²) in [6.07, 6.45) is 1.29. The molecular weight excluding hydrogens is 242 g/mol. The highest BCUT2D eigenvalue weighted by atomic mass is 32.2. The Labute approximate surface area is 104 Å². The molecule has 1 aromatic rings. The fraction of sp³-hybridized carbons (Fsp3) is 0.538. The molecule has 2 rings (SSSR count). The van der Waals surface area contributed by atoms with Crippen molar-refractivity contribution in [3.05, 3.63) is 35.4 Å². The minimum atomic E-state index is -0.707. The van der Waals surface area contributed by atoms with E-state index >= 15 is 0 Å². The molecule has 1 aliphatic rings. The summed E-state index contributed by atoms with van der Waals surface area (Å²) < 4.78 is 26.7. The molecule has 0 amide bonds. The van der Waals surface area contributed by atoms with Crippen LogP contribution in [0, 0.1) is 11.6 Å². The first-order valence-electron chi connectivity index (χ1n) is 5.78. The smallest absolute Gasteiger partial charge is 0.129 e. The maximum atomic E-state index is 13.5. The van der Waals surface area contributed by atoms with Gasteiger partial charge in [0.25, 0.3) is 0 Å². The Morgan fingerprint density at radius 3 is 2.59 bits per heavy atom. The summed E-state index contributed by atoms with van der Waals surface area (Å²) in [6, 6.07) is 3.80. The molecule has 0 bridgehead atoms. The van der Waals surface area contributed by atoms with Gasteiger partial charge in [0.1, 0.15) is 11.6 Å². The van der Waals surface area contributed by atoms with Crippen LogP contribution >= 0.6 is 11.8 Å². The topological polar surface area (TPSA) is 20.2 Å². The van der Waals surface area contributed by atoms with E-state index in [0.29, 0.717) is 0 Å². The maximum Gasteiger partial charge on any atom is 0.129 e. The van der Waals surface area contributed by atoms with Crippen molar-refractivity contribution >= 4 is 11.8 Å². The summed E-state index contributed by atoms with van der Waals surface area (Å²) in [4.78, 5) is 0. The predicted molar refractivity (Wildman–Crippen MR) is 66.2 cm³/mol. The highest BCUT2D eigenvalue weighted by Gasteiger charge is 2.37. The van der Waals surface area contributed by atoms with Crippen LogP contribution in [0.4, 0.5) is 8.78 Å². The first-order chi connectivity index (χ1) is 8.03. The highest BCUT2D eigenvalue weighted by molar-refractivity contribution is 8.00. The molecule has 0 radical (unpaired) electrons. The normalized spacial score (nSPS) is 26.1. The van der Waals surface area contributed by atoms with Crippen LogP contribution in [-0.4, -0.2) is 21.7 Å². The van der Waals surface area contributed by atoms with Gasteiger partial charge in [-0.15, -0.1) is 0 Å². The second-order valence-corrected chi connectivity index (χ2v) is 6.31. The maximum absolute atomic E-state index is 13.5. The second-order valence-electron chi connectivity index (χ2n) is 4.68. The van der Waals surface area contributed by atoms with Gasteiger partial charge in [-0.2, -0.15) is 11.8 Å². The number of aliphatic hydroxyl groups is 1. The molecule has 0 spiro atoms. The zero-order chi connectivity index (χ0) is 12.5. The molecule has 2 atom stereocenters. The van der Waals surface area contributed by atoms with E-state index in [-0.39, 0.29) is 16.7 Å². The van der Waals surface area contributed by atoms with Gasteiger partial charge in [-0.1, -0.05) is 6.07 Å². The van der Waals surface area contributed by atoms with E-state index in [4.69, 9.17) is 0 Å². The first kappa shape index (κ1) is 12.8. The fourth-order valence-electron chi connectivity index (χ4n) is 2.20. The van der Waals surface area contributed by atoms with Gasteiger partial charge < -0.3 is 5.11 Å². The SMILES string of the molecule is CC1(C(O)Cc2c(F)cccc2F)CCCS1. The number of hydrogen-bond donors (Lipinski definition) is 1. The summed E-state index contributed by atoms with van der Waals surface area (Å²) in [6.45, 7) is 1.97. The van der Waals surface area contributed by atoms with Crippen molar-refractivity contribution in [2.45, 2.75) is 37.0 Å². The van der Waals surface area contributed by atoms with Gasteiger partial charge in [0.15, 0.2) is 0 Å². The first-order valence-corrected chi connectivity index (χ1v) is 6.76. The fourth-order valence-corrected chi connectivity index (χ4v) is 3.52. The molecule has 17 heavy (non-hydrogen) atoms. The molecule has 1 heterocycles. The molecule has 94 valence electrons. The van der Waals surface area contributed by atoms with Crippen LogP contribution in [0.15, 0.2) is 18.2 Å². The Kier molecular flexibility index (Phi) is 3.73. The highest BCUT2D eigenvalue weighted by Crippen LogP contribution is 2.41. The Morgan fingerprint density at radius 2 is 2.06 bits per heavy atom. The minimum absolute atomic E-state index is 0.00581. The Balaban J connectivity index is 2.15. The van der Waals surface area contributed by atoms with Gasteiger partial charge in [-0.05, 0) is 37.7 Å². The van der Waals surface area contributed by atoms with Crippen LogP contribution in [0.1, 0.15) is 25.3 Å². The molecule has 1 aliphatic heterocycles. The summed E-state index contributed by atoms with van der Waals surface area (Å²) in [5.74, 6) is -0.140. The standard InChI is InChI=1S/C13H16F2OS/c1-13(6-3-7-17-13)12(16)8-9-10(14)4-2-5-11(9)15/h2,4-5,12,16H,3,6-8H2,1H3. The van der Waals surface area contributed by atoms with Gasteiger partial charge >= 0.3 is 0 Å². The Bertz CT molecular complexity index is 382. The van der Waals surface area contributed by atoms with Gasteiger partial charge in [-0.3, -0.25) is 0 Å². The lowest BCUT2D eigenvalue weighted by Crippen LogP contribution is -2.35. The van der Waals surface area contributed by atoms with Crippen molar-refractivity contribution in [2.75, 3.05) is 5.75 Å². The second kappa shape index (κ2) is 4.94. The van der Waals surface area contributed by atoms with Crippen molar-refractivity contribution in [3.8, 4) is 0 Å². The zero-order valence-corrected chi connectivity index (χ0v) is 10.6. The zero-order valence-electron chi connectivity index (χ0n) is 9.75. The Hall–Kier alpha value is -0.610. The quantitative estimate of drug-likeness (QED) is 0.898. The van der Waals surface area contributed by atoms with E-state index in [1.807, 2.05) is 6.92 Å². The minimum Gasteiger partial charge on any atom is -0.391 e. The van der Waals surface area contributed by atoms with Crippen LogP contribution in [0.2, 0.25) is 0 Å². The molecule has 0 aromatic heterocycles. The van der Waals surface area contributed by atoms with Crippen molar-refractivity contribution in [1.82, 2.24) is 0 Å². The van der Waals surface area contributed by atoms with Crippen LogP contribution in [-0.2, 0) is 6.42 Å². The number of hydrogen-bond acceptors (Lipinski definition) is 2. The van der Waals surface area contributed by atoms with Crippen molar-refractivity contribution in [2.24, 2.45) is 0 Å². The molecule has 0 saturated carbocycles. The van der Waals surface area contributed by atoms with Crippen molar-refractivity contribution in [3.63, 3.8) is 0 Å². The van der Waals surface area contributed by atoms with Crippen LogP contribution in [0.5, 0.6) is 0 Å².